The summed E-state index contributed by atoms with van der Waals surface area (Å²) in [6, 6.07) is 0.220. The van der Waals surface area contributed by atoms with Gasteiger partial charge in [0.05, 0.1) is 25.4 Å². The molecule has 0 saturated carbocycles. The molecule has 6 heteroatoms. The van der Waals surface area contributed by atoms with Crippen molar-refractivity contribution < 1.29 is 9.84 Å². The standard InChI is InChI=1S/C15H26N4O2/c1-11(2)4-16-5-13-6-17-15(18-7-13)19-8-14(9-20)21-10-12(19)3/h6-7,11-12,14,16,20H,4-5,8-10H2,1-3H3. The predicted octanol–water partition coefficient (Wildman–Crippen LogP) is 0.808. The maximum absolute atomic E-state index is 9.23. The zero-order valence-electron chi connectivity index (χ0n) is 13.1. The lowest BCUT2D eigenvalue weighted by atomic mass is 10.2. The number of aliphatic hydroxyl groups is 1. The van der Waals surface area contributed by atoms with Gasteiger partial charge in [0.1, 0.15) is 0 Å². The number of nitrogens with zero attached hydrogens (tertiary/aromatic N) is 3. The van der Waals surface area contributed by atoms with Crippen molar-refractivity contribution in [3.63, 3.8) is 0 Å². The van der Waals surface area contributed by atoms with E-state index in [0.717, 1.165) is 18.7 Å². The average Bonchev–Trinajstić information content (AvgIpc) is 2.48. The number of nitrogens with one attached hydrogen (secondary N) is 1. The van der Waals surface area contributed by atoms with Crippen LogP contribution in [0.1, 0.15) is 26.3 Å². The second-order valence-electron chi connectivity index (χ2n) is 6.06. The maximum atomic E-state index is 9.23. The van der Waals surface area contributed by atoms with Crippen LogP contribution in [0.2, 0.25) is 0 Å². The lowest BCUT2D eigenvalue weighted by molar-refractivity contribution is -0.0108. The molecule has 2 N–H and O–H groups in total. The molecule has 1 aliphatic rings. The Morgan fingerprint density at radius 2 is 2.14 bits per heavy atom. The molecule has 118 valence electrons. The van der Waals surface area contributed by atoms with Gasteiger partial charge in [-0.1, -0.05) is 13.8 Å². The van der Waals surface area contributed by atoms with Gasteiger partial charge < -0.3 is 20.1 Å². The van der Waals surface area contributed by atoms with Crippen LogP contribution in [0.3, 0.4) is 0 Å². The van der Waals surface area contributed by atoms with Crippen LogP contribution in [-0.2, 0) is 11.3 Å². The third-order valence-corrected chi connectivity index (χ3v) is 3.54. The van der Waals surface area contributed by atoms with E-state index in [1.54, 1.807) is 0 Å². The molecule has 2 atom stereocenters. The van der Waals surface area contributed by atoms with Crippen molar-refractivity contribution in [1.29, 1.82) is 0 Å². The molecule has 1 aromatic rings. The Kier molecular flexibility index (Phi) is 5.90. The van der Waals surface area contributed by atoms with E-state index in [1.807, 2.05) is 12.4 Å². The summed E-state index contributed by atoms with van der Waals surface area (Å²) in [5.41, 5.74) is 1.08. The summed E-state index contributed by atoms with van der Waals surface area (Å²) < 4.78 is 5.53. The highest BCUT2D eigenvalue weighted by atomic mass is 16.5. The van der Waals surface area contributed by atoms with Crippen molar-refractivity contribution in [2.75, 3.05) is 31.2 Å². The number of hydrogen-bond donors (Lipinski definition) is 2. The second kappa shape index (κ2) is 7.68. The van der Waals surface area contributed by atoms with Crippen LogP contribution in [0.15, 0.2) is 12.4 Å². The Labute approximate surface area is 126 Å². The normalized spacial score (nSPS) is 22.8. The molecule has 2 unspecified atom stereocenters. The molecule has 2 heterocycles. The molecule has 1 fully saturated rings. The molecule has 0 aromatic carbocycles. The van der Waals surface area contributed by atoms with Gasteiger partial charge in [-0.25, -0.2) is 9.97 Å². The number of aromatic nitrogens is 2. The summed E-state index contributed by atoms with van der Waals surface area (Å²) >= 11 is 0. The molecule has 21 heavy (non-hydrogen) atoms. The summed E-state index contributed by atoms with van der Waals surface area (Å²) in [6.45, 7) is 9.47. The first-order valence-corrected chi connectivity index (χ1v) is 7.61. The fourth-order valence-electron chi connectivity index (χ4n) is 2.30. The minimum Gasteiger partial charge on any atom is -0.394 e. The van der Waals surface area contributed by atoms with E-state index in [4.69, 9.17) is 4.74 Å². The van der Waals surface area contributed by atoms with E-state index in [1.165, 1.54) is 0 Å². The van der Waals surface area contributed by atoms with Gasteiger partial charge in [0.15, 0.2) is 0 Å². The molecule has 1 aromatic heterocycles. The van der Waals surface area contributed by atoms with Crippen molar-refractivity contribution >= 4 is 5.95 Å². The van der Waals surface area contributed by atoms with Crippen LogP contribution in [0, 0.1) is 5.92 Å². The molecule has 0 radical (unpaired) electrons. The molecule has 0 amide bonds. The molecule has 2 rings (SSSR count). The lowest BCUT2D eigenvalue weighted by Gasteiger charge is -2.37. The minimum absolute atomic E-state index is 0.0282. The molecular formula is C15H26N4O2. The Hall–Kier alpha value is -1.24. The summed E-state index contributed by atoms with van der Waals surface area (Å²) in [6.07, 6.45) is 3.58. The van der Waals surface area contributed by atoms with Crippen molar-refractivity contribution in [2.24, 2.45) is 5.92 Å². The largest absolute Gasteiger partial charge is 0.394 e. The molecule has 1 aliphatic heterocycles. The first-order chi connectivity index (χ1) is 10.1. The van der Waals surface area contributed by atoms with Gasteiger partial charge in [0.2, 0.25) is 5.95 Å². The number of hydrogen-bond acceptors (Lipinski definition) is 6. The zero-order valence-corrected chi connectivity index (χ0v) is 13.1. The molecular weight excluding hydrogens is 268 g/mol. The predicted molar refractivity (Wildman–Crippen MR) is 82.2 cm³/mol. The highest BCUT2D eigenvalue weighted by Crippen LogP contribution is 2.17. The average molecular weight is 294 g/mol. The third-order valence-electron chi connectivity index (χ3n) is 3.54. The topological polar surface area (TPSA) is 70.5 Å². The molecule has 0 spiro atoms. The monoisotopic (exact) mass is 294 g/mol. The minimum atomic E-state index is -0.155. The fraction of sp³-hybridized carbons (Fsp3) is 0.733. The summed E-state index contributed by atoms with van der Waals surface area (Å²) in [5.74, 6) is 1.34. The quantitative estimate of drug-likeness (QED) is 0.809. The van der Waals surface area contributed by atoms with E-state index >= 15 is 0 Å². The van der Waals surface area contributed by atoms with Gasteiger partial charge in [0.25, 0.3) is 0 Å². The highest BCUT2D eigenvalue weighted by Gasteiger charge is 2.27. The Morgan fingerprint density at radius 3 is 2.76 bits per heavy atom. The van der Waals surface area contributed by atoms with E-state index in [9.17, 15) is 5.11 Å². The highest BCUT2D eigenvalue weighted by molar-refractivity contribution is 5.32. The molecule has 0 aliphatic carbocycles. The molecule has 0 bridgehead atoms. The number of rotatable bonds is 6. The van der Waals surface area contributed by atoms with Crippen LogP contribution < -0.4 is 10.2 Å². The van der Waals surface area contributed by atoms with Crippen molar-refractivity contribution in [1.82, 2.24) is 15.3 Å². The van der Waals surface area contributed by atoms with Crippen molar-refractivity contribution in [2.45, 2.75) is 39.5 Å². The lowest BCUT2D eigenvalue weighted by Crippen LogP contribution is -2.50. The van der Waals surface area contributed by atoms with Crippen molar-refractivity contribution in [3.8, 4) is 0 Å². The van der Waals surface area contributed by atoms with Crippen LogP contribution in [-0.4, -0.2) is 53.5 Å². The SMILES string of the molecule is CC(C)CNCc1cnc(N2CC(CO)OCC2C)nc1. The zero-order chi connectivity index (χ0) is 15.2. The second-order valence-corrected chi connectivity index (χ2v) is 6.06. The fourth-order valence-corrected chi connectivity index (χ4v) is 2.30. The Morgan fingerprint density at radius 1 is 1.43 bits per heavy atom. The van der Waals surface area contributed by atoms with Gasteiger partial charge in [-0.15, -0.1) is 0 Å². The number of aliphatic hydroxyl groups excluding tert-OH is 1. The van der Waals surface area contributed by atoms with Gasteiger partial charge in [-0.05, 0) is 19.4 Å². The van der Waals surface area contributed by atoms with Crippen molar-refractivity contribution in [3.05, 3.63) is 18.0 Å². The first-order valence-electron chi connectivity index (χ1n) is 7.61. The third kappa shape index (κ3) is 4.62. The maximum Gasteiger partial charge on any atom is 0.225 e. The summed E-state index contributed by atoms with van der Waals surface area (Å²) in [4.78, 5) is 11.0. The smallest absolute Gasteiger partial charge is 0.225 e. The van der Waals surface area contributed by atoms with Gasteiger partial charge in [-0.2, -0.15) is 0 Å². The van der Waals surface area contributed by atoms with E-state index in [0.29, 0.717) is 25.0 Å². The summed E-state index contributed by atoms with van der Waals surface area (Å²) in [5, 5.41) is 12.6. The Balaban J connectivity index is 1.94. The van der Waals surface area contributed by atoms with E-state index < -0.39 is 0 Å². The van der Waals surface area contributed by atoms with E-state index in [-0.39, 0.29) is 18.8 Å². The number of morpholine rings is 1. The molecule has 1 saturated heterocycles. The van der Waals surface area contributed by atoms with Crippen LogP contribution >= 0.6 is 0 Å². The Bertz CT molecular complexity index is 424. The van der Waals surface area contributed by atoms with Crippen LogP contribution in [0.25, 0.3) is 0 Å². The summed E-state index contributed by atoms with van der Waals surface area (Å²) in [7, 11) is 0. The van der Waals surface area contributed by atoms with Gasteiger partial charge in [0, 0.05) is 31.0 Å². The number of anilines is 1. The van der Waals surface area contributed by atoms with Crippen LogP contribution in [0.5, 0.6) is 0 Å². The first kappa shape index (κ1) is 16.1. The number of ether oxygens (including phenoxy) is 1. The van der Waals surface area contributed by atoms with Gasteiger partial charge >= 0.3 is 0 Å². The molecule has 6 nitrogen and oxygen atoms in total. The van der Waals surface area contributed by atoms with E-state index in [2.05, 4.69) is 41.0 Å². The van der Waals surface area contributed by atoms with Crippen LogP contribution in [0.4, 0.5) is 5.95 Å². The van der Waals surface area contributed by atoms with Gasteiger partial charge in [-0.3, -0.25) is 0 Å².